The monoisotopic (exact) mass is 253 g/mol. The van der Waals surface area contributed by atoms with Gasteiger partial charge in [0.05, 0.1) is 17.2 Å². The first-order chi connectivity index (χ1) is 7.86. The molecule has 0 atom stereocenters. The van der Waals surface area contributed by atoms with Crippen LogP contribution >= 0.6 is 11.3 Å². The Balaban J connectivity index is 2.16. The quantitative estimate of drug-likeness (QED) is 0.864. The number of rotatable bonds is 2. The van der Waals surface area contributed by atoms with Crippen molar-refractivity contribution < 1.29 is 4.79 Å². The summed E-state index contributed by atoms with van der Waals surface area (Å²) in [6.45, 7) is 8.58. The number of hydrogen-bond donors (Lipinski definition) is 1. The summed E-state index contributed by atoms with van der Waals surface area (Å²) in [5, 5.41) is 1.18. The van der Waals surface area contributed by atoms with E-state index in [-0.39, 0.29) is 11.3 Å². The highest BCUT2D eigenvalue weighted by atomic mass is 32.1. The maximum Gasteiger partial charge on any atom is 0.231 e. The van der Waals surface area contributed by atoms with Crippen molar-refractivity contribution in [1.82, 2.24) is 9.88 Å². The van der Waals surface area contributed by atoms with E-state index in [0.29, 0.717) is 6.54 Å². The number of primary amides is 1. The molecule has 0 saturated carbocycles. The zero-order chi connectivity index (χ0) is 12.6. The Hall–Kier alpha value is -0.940. The highest BCUT2D eigenvalue weighted by Crippen LogP contribution is 2.32. The number of nitrogens with two attached hydrogens (primary N) is 1. The zero-order valence-electron chi connectivity index (χ0n) is 10.6. The number of hydrogen-bond acceptors (Lipinski definition) is 4. The van der Waals surface area contributed by atoms with Gasteiger partial charge in [-0.25, -0.2) is 4.98 Å². The fourth-order valence-corrected chi connectivity index (χ4v) is 3.13. The van der Waals surface area contributed by atoms with Gasteiger partial charge in [-0.05, 0) is 0 Å². The van der Waals surface area contributed by atoms with Crippen LogP contribution in [0.1, 0.15) is 36.3 Å². The lowest BCUT2D eigenvalue weighted by molar-refractivity contribution is -0.119. The van der Waals surface area contributed by atoms with Crippen LogP contribution in [0.2, 0.25) is 0 Å². The molecule has 2 N–H and O–H groups in total. The Morgan fingerprint density at radius 3 is 2.82 bits per heavy atom. The summed E-state index contributed by atoms with van der Waals surface area (Å²) >= 11 is 1.77. The average Bonchev–Trinajstić information content (AvgIpc) is 2.58. The lowest BCUT2D eigenvalue weighted by atomic mass is 9.98. The van der Waals surface area contributed by atoms with Crippen molar-refractivity contribution in [1.29, 1.82) is 0 Å². The molecule has 1 amide bonds. The fourth-order valence-electron chi connectivity index (χ4n) is 1.92. The standard InChI is InChI=1S/C12H19N3OS/c1-12(2,3)11-14-8-4-5-15(7-10(13)16)6-9(8)17-11/h4-7H2,1-3H3,(H2,13,16). The zero-order valence-corrected chi connectivity index (χ0v) is 11.4. The van der Waals surface area contributed by atoms with E-state index in [1.807, 2.05) is 0 Å². The second-order valence-corrected chi connectivity index (χ2v) is 6.65. The van der Waals surface area contributed by atoms with Crippen LogP contribution in [0.15, 0.2) is 0 Å². The number of amides is 1. The van der Waals surface area contributed by atoms with Crippen molar-refractivity contribution in [3.63, 3.8) is 0 Å². The number of aromatic nitrogens is 1. The molecular formula is C12H19N3OS. The van der Waals surface area contributed by atoms with Crippen molar-refractivity contribution in [3.05, 3.63) is 15.6 Å². The molecule has 4 nitrogen and oxygen atoms in total. The molecule has 17 heavy (non-hydrogen) atoms. The van der Waals surface area contributed by atoms with Crippen LogP contribution in [0, 0.1) is 0 Å². The van der Waals surface area contributed by atoms with E-state index in [0.717, 1.165) is 19.5 Å². The van der Waals surface area contributed by atoms with Crippen molar-refractivity contribution in [2.24, 2.45) is 5.73 Å². The molecule has 0 aromatic carbocycles. The predicted molar refractivity (Wildman–Crippen MR) is 69.0 cm³/mol. The van der Waals surface area contributed by atoms with Crippen molar-refractivity contribution >= 4 is 17.2 Å². The third-order valence-corrected chi connectivity index (χ3v) is 4.34. The Bertz CT molecular complexity index is 433. The first kappa shape index (κ1) is 12.5. The van der Waals surface area contributed by atoms with E-state index in [1.54, 1.807) is 11.3 Å². The SMILES string of the molecule is CC(C)(C)c1nc2c(s1)CN(CC(N)=O)CC2. The Morgan fingerprint density at radius 2 is 2.24 bits per heavy atom. The molecule has 0 saturated heterocycles. The molecule has 0 spiro atoms. The number of carbonyl (C=O) groups is 1. The second kappa shape index (κ2) is 4.38. The number of thiazole rings is 1. The summed E-state index contributed by atoms with van der Waals surface area (Å²) in [5.41, 5.74) is 6.54. The third-order valence-electron chi connectivity index (χ3n) is 2.83. The summed E-state index contributed by atoms with van der Waals surface area (Å²) in [5.74, 6) is -0.256. The maximum atomic E-state index is 10.9. The summed E-state index contributed by atoms with van der Waals surface area (Å²) in [6, 6.07) is 0. The normalized spacial score (nSPS) is 16.9. The van der Waals surface area contributed by atoms with E-state index in [4.69, 9.17) is 10.7 Å². The molecule has 1 aromatic rings. The molecule has 0 aliphatic carbocycles. The maximum absolute atomic E-state index is 10.9. The Kier molecular flexibility index (Phi) is 3.23. The van der Waals surface area contributed by atoms with Crippen molar-refractivity contribution in [3.8, 4) is 0 Å². The van der Waals surface area contributed by atoms with Crippen LogP contribution in [0.4, 0.5) is 0 Å². The number of carbonyl (C=O) groups excluding carboxylic acids is 1. The lowest BCUT2D eigenvalue weighted by Gasteiger charge is -2.24. The summed E-state index contributed by atoms with van der Waals surface area (Å²) in [6.07, 6.45) is 0.926. The van der Waals surface area contributed by atoms with Gasteiger partial charge in [0.25, 0.3) is 0 Å². The van der Waals surface area contributed by atoms with Gasteiger partial charge in [-0.2, -0.15) is 0 Å². The van der Waals surface area contributed by atoms with Crippen LogP contribution in [-0.4, -0.2) is 28.9 Å². The van der Waals surface area contributed by atoms with Gasteiger partial charge in [0.15, 0.2) is 0 Å². The highest BCUT2D eigenvalue weighted by Gasteiger charge is 2.25. The molecule has 2 heterocycles. The van der Waals surface area contributed by atoms with Crippen LogP contribution in [-0.2, 0) is 23.2 Å². The highest BCUT2D eigenvalue weighted by molar-refractivity contribution is 7.11. The van der Waals surface area contributed by atoms with E-state index >= 15 is 0 Å². The Morgan fingerprint density at radius 1 is 1.53 bits per heavy atom. The Labute approximate surface area is 106 Å². The lowest BCUT2D eigenvalue weighted by Crippen LogP contribution is -2.37. The van der Waals surface area contributed by atoms with Crippen LogP contribution in [0.3, 0.4) is 0 Å². The molecule has 1 aromatic heterocycles. The molecule has 1 aliphatic rings. The molecule has 2 rings (SSSR count). The van der Waals surface area contributed by atoms with Gasteiger partial charge in [0.2, 0.25) is 5.91 Å². The smallest absolute Gasteiger partial charge is 0.231 e. The minimum atomic E-state index is -0.256. The molecule has 0 radical (unpaired) electrons. The average molecular weight is 253 g/mol. The molecule has 0 fully saturated rings. The van der Waals surface area contributed by atoms with Crippen LogP contribution in [0.25, 0.3) is 0 Å². The summed E-state index contributed by atoms with van der Waals surface area (Å²) < 4.78 is 0. The van der Waals surface area contributed by atoms with Gasteiger partial charge in [-0.15, -0.1) is 11.3 Å². The summed E-state index contributed by atoms with van der Waals surface area (Å²) in [7, 11) is 0. The summed E-state index contributed by atoms with van der Waals surface area (Å²) in [4.78, 5) is 19.0. The van der Waals surface area contributed by atoms with Gasteiger partial charge < -0.3 is 5.73 Å². The predicted octanol–water partition coefficient (Wildman–Crippen LogP) is 1.28. The molecule has 0 unspecified atom stereocenters. The van der Waals surface area contributed by atoms with Crippen molar-refractivity contribution in [2.75, 3.05) is 13.1 Å². The van der Waals surface area contributed by atoms with Gasteiger partial charge in [0.1, 0.15) is 0 Å². The van der Waals surface area contributed by atoms with Crippen LogP contribution in [0.5, 0.6) is 0 Å². The minimum Gasteiger partial charge on any atom is -0.369 e. The molecule has 94 valence electrons. The molecule has 5 heteroatoms. The number of nitrogens with zero attached hydrogens (tertiary/aromatic N) is 2. The molecule has 1 aliphatic heterocycles. The largest absolute Gasteiger partial charge is 0.369 e. The van der Waals surface area contributed by atoms with E-state index < -0.39 is 0 Å². The van der Waals surface area contributed by atoms with Gasteiger partial charge >= 0.3 is 0 Å². The van der Waals surface area contributed by atoms with E-state index in [2.05, 4.69) is 25.7 Å². The van der Waals surface area contributed by atoms with Crippen LogP contribution < -0.4 is 5.73 Å². The fraction of sp³-hybridized carbons (Fsp3) is 0.667. The van der Waals surface area contributed by atoms with E-state index in [9.17, 15) is 4.79 Å². The molecule has 0 bridgehead atoms. The van der Waals surface area contributed by atoms with E-state index in [1.165, 1.54) is 15.6 Å². The first-order valence-electron chi connectivity index (χ1n) is 5.86. The second-order valence-electron chi connectivity index (χ2n) is 5.57. The molecular weight excluding hydrogens is 234 g/mol. The van der Waals surface area contributed by atoms with Gasteiger partial charge in [-0.3, -0.25) is 9.69 Å². The van der Waals surface area contributed by atoms with Crippen molar-refractivity contribution in [2.45, 2.75) is 39.2 Å². The van der Waals surface area contributed by atoms with Gasteiger partial charge in [-0.1, -0.05) is 20.8 Å². The van der Waals surface area contributed by atoms with Gasteiger partial charge in [0, 0.05) is 29.8 Å². The minimum absolute atomic E-state index is 0.108. The third kappa shape index (κ3) is 2.84. The topological polar surface area (TPSA) is 59.2 Å². The first-order valence-corrected chi connectivity index (χ1v) is 6.67. The number of fused-ring (bicyclic) bond motifs is 1.